The van der Waals surface area contributed by atoms with E-state index in [1.807, 2.05) is 13.8 Å². The summed E-state index contributed by atoms with van der Waals surface area (Å²) in [5.41, 5.74) is 2.65. The monoisotopic (exact) mass is 428 g/mol. The van der Waals surface area contributed by atoms with Crippen LogP contribution in [-0.4, -0.2) is 18.4 Å². The third-order valence-corrected chi connectivity index (χ3v) is 4.93. The Balaban J connectivity index is 1.77. The van der Waals surface area contributed by atoms with Crippen molar-refractivity contribution >= 4 is 23.4 Å². The zero-order valence-electron chi connectivity index (χ0n) is 16.9. The summed E-state index contributed by atoms with van der Waals surface area (Å²) >= 11 is 6.22. The highest BCUT2D eigenvalue weighted by atomic mass is 35.5. The van der Waals surface area contributed by atoms with Crippen LogP contribution >= 0.6 is 11.6 Å². The van der Waals surface area contributed by atoms with Gasteiger partial charge in [0.2, 0.25) is 0 Å². The van der Waals surface area contributed by atoms with Crippen molar-refractivity contribution in [2.24, 2.45) is 0 Å². The lowest BCUT2D eigenvalue weighted by atomic mass is 10.0. The van der Waals surface area contributed by atoms with Crippen LogP contribution in [-0.2, 0) is 6.54 Å². The zero-order chi connectivity index (χ0) is 21.8. The van der Waals surface area contributed by atoms with Crippen molar-refractivity contribution in [3.63, 3.8) is 0 Å². The Kier molecular flexibility index (Phi) is 6.57. The Bertz CT molecular complexity index is 1110. The van der Waals surface area contributed by atoms with Gasteiger partial charge in [0.15, 0.2) is 0 Å². The van der Waals surface area contributed by atoms with Crippen LogP contribution in [0, 0.1) is 19.7 Å². The van der Waals surface area contributed by atoms with Crippen molar-refractivity contribution in [2.45, 2.75) is 27.3 Å². The third-order valence-electron chi connectivity index (χ3n) is 4.62. The predicted octanol–water partition coefficient (Wildman–Crippen LogP) is 5.04. The highest BCUT2D eigenvalue weighted by Gasteiger charge is 2.16. The highest BCUT2D eigenvalue weighted by Crippen LogP contribution is 2.30. The molecule has 30 heavy (non-hydrogen) atoms. The first-order valence-corrected chi connectivity index (χ1v) is 9.89. The van der Waals surface area contributed by atoms with E-state index >= 15 is 0 Å². The van der Waals surface area contributed by atoms with Crippen molar-refractivity contribution in [2.75, 3.05) is 6.54 Å². The molecule has 0 fully saturated rings. The van der Waals surface area contributed by atoms with E-state index in [0.717, 1.165) is 16.7 Å². The fraction of sp³-hybridized carbons (Fsp3) is 0.217. The maximum absolute atomic E-state index is 14.0. The summed E-state index contributed by atoms with van der Waals surface area (Å²) in [6.45, 7) is 6.04. The summed E-state index contributed by atoms with van der Waals surface area (Å²) in [6, 6.07) is 11.3. The Hall–Kier alpha value is -3.12. The number of amides is 2. The number of furan rings is 1. The van der Waals surface area contributed by atoms with Gasteiger partial charge in [0.1, 0.15) is 17.3 Å². The van der Waals surface area contributed by atoms with Gasteiger partial charge in [-0.05, 0) is 68.3 Å². The molecule has 2 aromatic carbocycles. The number of carbonyl (C=O) groups excluding carboxylic acids is 2. The topological polar surface area (TPSA) is 71.3 Å². The maximum Gasteiger partial charge on any atom is 0.254 e. The summed E-state index contributed by atoms with van der Waals surface area (Å²) in [7, 11) is 0. The molecule has 156 valence electrons. The van der Waals surface area contributed by atoms with Crippen molar-refractivity contribution in [1.82, 2.24) is 10.6 Å². The lowest BCUT2D eigenvalue weighted by Gasteiger charge is -2.10. The van der Waals surface area contributed by atoms with Crippen LogP contribution in [0.15, 0.2) is 46.9 Å². The second-order valence-electron chi connectivity index (χ2n) is 6.94. The molecule has 0 atom stereocenters. The first kappa shape index (κ1) is 21.6. The lowest BCUT2D eigenvalue weighted by molar-refractivity contribution is 0.0939. The minimum atomic E-state index is -0.567. The Labute approximate surface area is 179 Å². The molecule has 0 saturated heterocycles. The first-order chi connectivity index (χ1) is 14.3. The zero-order valence-corrected chi connectivity index (χ0v) is 17.7. The molecular weight excluding hydrogens is 407 g/mol. The van der Waals surface area contributed by atoms with Crippen LogP contribution in [0.1, 0.15) is 44.5 Å². The number of nitrogens with one attached hydrogen (secondary N) is 2. The molecule has 0 unspecified atom stereocenters. The first-order valence-electron chi connectivity index (χ1n) is 9.52. The molecule has 0 saturated carbocycles. The molecule has 0 radical (unpaired) electrons. The number of halogens is 2. The predicted molar refractivity (Wildman–Crippen MR) is 114 cm³/mol. The van der Waals surface area contributed by atoms with Gasteiger partial charge < -0.3 is 15.1 Å². The maximum atomic E-state index is 14.0. The van der Waals surface area contributed by atoms with E-state index in [2.05, 4.69) is 10.6 Å². The summed E-state index contributed by atoms with van der Waals surface area (Å²) in [5.74, 6) is -0.308. The normalized spacial score (nSPS) is 10.7. The van der Waals surface area contributed by atoms with Gasteiger partial charge in [-0.2, -0.15) is 0 Å². The van der Waals surface area contributed by atoms with Gasteiger partial charge in [0.25, 0.3) is 11.8 Å². The SMILES string of the molecule is CCNC(=O)c1cc(-c2ccc(CNC(=O)c3ccc(C)cc3F)o2)c(C)cc1Cl. The number of carbonyl (C=O) groups is 2. The molecule has 2 N–H and O–H groups in total. The molecule has 0 spiro atoms. The molecule has 7 heteroatoms. The average Bonchev–Trinajstić information content (AvgIpc) is 3.15. The molecule has 0 bridgehead atoms. The fourth-order valence-electron chi connectivity index (χ4n) is 3.05. The molecule has 1 aromatic heterocycles. The quantitative estimate of drug-likeness (QED) is 0.578. The molecule has 0 aliphatic rings. The molecule has 3 aromatic rings. The van der Waals surface area contributed by atoms with Crippen molar-refractivity contribution in [3.05, 3.63) is 81.3 Å². The molecule has 2 amide bonds. The Morgan fingerprint density at radius 1 is 1.00 bits per heavy atom. The average molecular weight is 429 g/mol. The van der Waals surface area contributed by atoms with Crippen molar-refractivity contribution in [3.8, 4) is 11.3 Å². The minimum absolute atomic E-state index is 0.0208. The van der Waals surface area contributed by atoms with Gasteiger partial charge in [-0.25, -0.2) is 4.39 Å². The van der Waals surface area contributed by atoms with Gasteiger partial charge >= 0.3 is 0 Å². The van der Waals surface area contributed by atoms with Gasteiger partial charge in [0.05, 0.1) is 22.7 Å². The molecular formula is C23H22ClFN2O3. The molecule has 3 rings (SSSR count). The summed E-state index contributed by atoms with van der Waals surface area (Å²) < 4.78 is 19.8. The number of aryl methyl sites for hydroxylation is 2. The number of benzene rings is 2. The fourth-order valence-corrected chi connectivity index (χ4v) is 3.36. The molecule has 5 nitrogen and oxygen atoms in total. The van der Waals surface area contributed by atoms with Crippen LogP contribution < -0.4 is 10.6 Å². The van der Waals surface area contributed by atoms with Gasteiger partial charge in [-0.15, -0.1) is 0 Å². The molecule has 0 aliphatic heterocycles. The van der Waals surface area contributed by atoms with Crippen molar-refractivity contribution in [1.29, 1.82) is 0 Å². The highest BCUT2D eigenvalue weighted by molar-refractivity contribution is 6.34. The Morgan fingerprint density at radius 3 is 2.43 bits per heavy atom. The van der Waals surface area contributed by atoms with Gasteiger partial charge in [-0.3, -0.25) is 9.59 Å². The second-order valence-corrected chi connectivity index (χ2v) is 7.35. The molecule has 0 aliphatic carbocycles. The largest absolute Gasteiger partial charge is 0.459 e. The van der Waals surface area contributed by atoms with Crippen molar-refractivity contribution < 1.29 is 18.4 Å². The van der Waals surface area contributed by atoms with Crippen LogP contribution in [0.5, 0.6) is 0 Å². The minimum Gasteiger partial charge on any atom is -0.459 e. The summed E-state index contributed by atoms with van der Waals surface area (Å²) in [6.07, 6.45) is 0. The van der Waals surface area contributed by atoms with Crippen LogP contribution in [0.2, 0.25) is 5.02 Å². The van der Waals surface area contributed by atoms with Gasteiger partial charge in [0, 0.05) is 12.1 Å². The van der Waals surface area contributed by atoms with E-state index < -0.39 is 11.7 Å². The standard InChI is InChI=1S/C23H22ClFN2O3/c1-4-26-23(29)18-11-17(14(3)10-19(18)24)21-8-6-15(30-21)12-27-22(28)16-7-5-13(2)9-20(16)25/h5-11H,4,12H2,1-3H3,(H,26,29)(H,27,28). The van der Waals surface area contributed by atoms with E-state index in [9.17, 15) is 14.0 Å². The van der Waals surface area contributed by atoms with Gasteiger partial charge in [-0.1, -0.05) is 17.7 Å². The van der Waals surface area contributed by atoms with E-state index in [1.165, 1.54) is 12.1 Å². The number of hydrogen-bond donors (Lipinski definition) is 2. The van der Waals surface area contributed by atoms with Crippen LogP contribution in [0.3, 0.4) is 0 Å². The Morgan fingerprint density at radius 2 is 1.73 bits per heavy atom. The van der Waals surface area contributed by atoms with E-state index in [1.54, 1.807) is 37.3 Å². The smallest absolute Gasteiger partial charge is 0.254 e. The lowest BCUT2D eigenvalue weighted by Crippen LogP contribution is -2.23. The number of rotatable bonds is 6. The van der Waals surface area contributed by atoms with E-state index in [4.69, 9.17) is 16.0 Å². The summed E-state index contributed by atoms with van der Waals surface area (Å²) in [4.78, 5) is 24.5. The molecule has 1 heterocycles. The number of hydrogen-bond acceptors (Lipinski definition) is 3. The second kappa shape index (κ2) is 9.13. The summed E-state index contributed by atoms with van der Waals surface area (Å²) in [5, 5.41) is 5.75. The van der Waals surface area contributed by atoms with E-state index in [-0.39, 0.29) is 18.0 Å². The van der Waals surface area contributed by atoms with Crippen LogP contribution in [0.25, 0.3) is 11.3 Å². The third kappa shape index (κ3) is 4.71. The van der Waals surface area contributed by atoms with Crippen LogP contribution in [0.4, 0.5) is 4.39 Å². The van der Waals surface area contributed by atoms with E-state index in [0.29, 0.717) is 28.7 Å².